The summed E-state index contributed by atoms with van der Waals surface area (Å²) in [5.74, 6) is -0.168. The molecular weight excluding hydrogens is 504 g/mol. The second-order valence-electron chi connectivity index (χ2n) is 9.97. The van der Waals surface area contributed by atoms with Crippen molar-refractivity contribution in [3.05, 3.63) is 47.5 Å². The second-order valence-corrected chi connectivity index (χ2v) is 12.1. The van der Waals surface area contributed by atoms with E-state index in [9.17, 15) is 13.5 Å². The molecule has 37 heavy (non-hydrogen) atoms. The molecule has 208 valence electrons. The minimum Gasteiger partial charge on any atom is -0.506 e. The molecule has 0 amide bonds. The molecule has 0 aliphatic heterocycles. The van der Waals surface area contributed by atoms with Gasteiger partial charge in [-0.05, 0) is 30.7 Å². The Hall–Kier alpha value is -1.92. The lowest BCUT2D eigenvalue weighted by Crippen LogP contribution is -2.15. The Labute approximate surface area is 230 Å². The maximum atomic E-state index is 12.8. The van der Waals surface area contributed by atoms with Gasteiger partial charge in [-0.2, -0.15) is 0 Å². The molecule has 2 rings (SSSR count). The summed E-state index contributed by atoms with van der Waals surface area (Å²) < 4.78 is 28.0. The third-order valence-corrected chi connectivity index (χ3v) is 8.44. The third kappa shape index (κ3) is 12.4. The second kappa shape index (κ2) is 18.4. The number of benzene rings is 2. The van der Waals surface area contributed by atoms with E-state index in [2.05, 4.69) is 17.0 Å². The summed E-state index contributed by atoms with van der Waals surface area (Å²) in [5.41, 5.74) is 0.481. The van der Waals surface area contributed by atoms with Gasteiger partial charge in [0.25, 0.3) is 10.0 Å². The van der Waals surface area contributed by atoms with E-state index in [-0.39, 0.29) is 16.3 Å². The molecule has 3 N–H and O–H groups in total. The number of sulfonamides is 1. The van der Waals surface area contributed by atoms with Gasteiger partial charge in [0.2, 0.25) is 0 Å². The van der Waals surface area contributed by atoms with E-state index >= 15 is 0 Å². The Balaban J connectivity index is 1.60. The highest BCUT2D eigenvalue weighted by atomic mass is 35.5. The molecule has 2 aromatic carbocycles. The molecule has 0 aromatic heterocycles. The zero-order valence-corrected chi connectivity index (χ0v) is 24.2. The minimum absolute atomic E-state index is 0.0767. The Morgan fingerprint density at radius 3 is 1.68 bits per heavy atom. The molecule has 0 aliphatic rings. The molecule has 0 atom stereocenters. The van der Waals surface area contributed by atoms with Crippen molar-refractivity contribution in [1.82, 2.24) is 0 Å². The van der Waals surface area contributed by atoms with Crippen LogP contribution in [0.4, 0.5) is 11.4 Å². The average Bonchev–Trinajstić information content (AvgIpc) is 2.90. The van der Waals surface area contributed by atoms with Crippen LogP contribution in [0.2, 0.25) is 5.02 Å². The van der Waals surface area contributed by atoms with Crippen LogP contribution in [0.15, 0.2) is 47.4 Å². The lowest BCUT2D eigenvalue weighted by atomic mass is 10.0. The monoisotopic (exact) mass is 550 g/mol. The summed E-state index contributed by atoms with van der Waals surface area (Å²) in [4.78, 5) is 0.123. The Morgan fingerprint density at radius 2 is 1.16 bits per heavy atom. The summed E-state index contributed by atoms with van der Waals surface area (Å²) in [6.07, 6.45) is 21.0. The van der Waals surface area contributed by atoms with E-state index in [4.69, 9.17) is 11.6 Å². The van der Waals surface area contributed by atoms with E-state index in [1.807, 2.05) is 0 Å². The fraction of sp³-hybridized carbons (Fsp3) is 0.600. The van der Waals surface area contributed by atoms with Gasteiger partial charge in [0, 0.05) is 6.54 Å². The van der Waals surface area contributed by atoms with Gasteiger partial charge >= 0.3 is 0 Å². The zero-order valence-electron chi connectivity index (χ0n) is 22.6. The number of nitrogens with one attached hydrogen (secondary N) is 2. The van der Waals surface area contributed by atoms with Crippen molar-refractivity contribution in [2.45, 2.75) is 115 Å². The van der Waals surface area contributed by atoms with Gasteiger partial charge < -0.3 is 10.4 Å². The number of phenols is 1. The number of unbranched alkanes of at least 4 members (excludes halogenated alkanes) is 15. The smallest absolute Gasteiger partial charge is 0.262 e. The van der Waals surface area contributed by atoms with Gasteiger partial charge in [-0.3, -0.25) is 4.72 Å². The maximum Gasteiger partial charge on any atom is 0.262 e. The fourth-order valence-electron chi connectivity index (χ4n) is 4.52. The number of hydrogen-bond acceptors (Lipinski definition) is 4. The SMILES string of the molecule is CCCCCCCCCCCCCCCCCCNc1c(Cl)ccc(O)c1NS(=O)(=O)c1ccccc1. The molecule has 5 nitrogen and oxygen atoms in total. The molecule has 0 unspecified atom stereocenters. The Morgan fingerprint density at radius 1 is 0.676 bits per heavy atom. The molecular formula is C30H47ClN2O3S. The number of anilines is 2. The van der Waals surface area contributed by atoms with Crippen LogP contribution < -0.4 is 10.0 Å². The van der Waals surface area contributed by atoms with Crippen LogP contribution in [0.5, 0.6) is 5.75 Å². The van der Waals surface area contributed by atoms with Gasteiger partial charge in [-0.1, -0.05) is 133 Å². The predicted octanol–water partition coefficient (Wildman–Crippen LogP) is 9.52. The van der Waals surface area contributed by atoms with Gasteiger partial charge in [0.05, 0.1) is 15.6 Å². The van der Waals surface area contributed by atoms with Crippen LogP contribution in [0.25, 0.3) is 0 Å². The van der Waals surface area contributed by atoms with E-state index in [0.29, 0.717) is 17.3 Å². The molecule has 0 saturated heterocycles. The van der Waals surface area contributed by atoms with Gasteiger partial charge in [0.15, 0.2) is 0 Å². The molecule has 2 aromatic rings. The van der Waals surface area contributed by atoms with Crippen LogP contribution in [-0.2, 0) is 10.0 Å². The van der Waals surface area contributed by atoms with Gasteiger partial charge in [-0.25, -0.2) is 8.42 Å². The number of hydrogen-bond donors (Lipinski definition) is 3. The van der Waals surface area contributed by atoms with Crippen molar-refractivity contribution in [3.8, 4) is 5.75 Å². The van der Waals surface area contributed by atoms with Crippen LogP contribution >= 0.6 is 11.6 Å². The number of halogens is 1. The summed E-state index contributed by atoms with van der Waals surface area (Å²) in [6.45, 7) is 2.92. The molecule has 0 aliphatic carbocycles. The average molecular weight is 551 g/mol. The topological polar surface area (TPSA) is 78.4 Å². The number of phenolic OH excluding ortho intramolecular Hbond substituents is 1. The largest absolute Gasteiger partial charge is 0.506 e. The lowest BCUT2D eigenvalue weighted by Gasteiger charge is -2.17. The first kappa shape index (κ1) is 31.3. The first-order valence-corrected chi connectivity index (χ1v) is 16.1. The normalized spacial score (nSPS) is 11.5. The highest BCUT2D eigenvalue weighted by molar-refractivity contribution is 7.92. The predicted molar refractivity (Wildman–Crippen MR) is 158 cm³/mol. The minimum atomic E-state index is -3.85. The Kier molecular flexibility index (Phi) is 15.5. The summed E-state index contributed by atoms with van der Waals surface area (Å²) in [5, 5.41) is 13.9. The molecule has 0 saturated carbocycles. The van der Waals surface area contributed by atoms with Gasteiger partial charge in [0.1, 0.15) is 11.4 Å². The maximum absolute atomic E-state index is 12.8. The number of rotatable bonds is 21. The van der Waals surface area contributed by atoms with E-state index in [1.165, 1.54) is 108 Å². The highest BCUT2D eigenvalue weighted by Gasteiger charge is 2.20. The summed E-state index contributed by atoms with van der Waals surface area (Å²) in [7, 11) is -3.85. The number of aromatic hydroxyl groups is 1. The van der Waals surface area contributed by atoms with Crippen LogP contribution in [0.1, 0.15) is 110 Å². The van der Waals surface area contributed by atoms with Crippen LogP contribution in [0.3, 0.4) is 0 Å². The van der Waals surface area contributed by atoms with Crippen molar-refractivity contribution in [2.24, 2.45) is 0 Å². The van der Waals surface area contributed by atoms with E-state index in [1.54, 1.807) is 24.3 Å². The highest BCUT2D eigenvalue weighted by Crippen LogP contribution is 2.39. The molecule has 0 radical (unpaired) electrons. The lowest BCUT2D eigenvalue weighted by molar-refractivity contribution is 0.478. The first-order valence-electron chi connectivity index (χ1n) is 14.3. The van der Waals surface area contributed by atoms with Crippen molar-refractivity contribution in [1.29, 1.82) is 0 Å². The molecule has 0 heterocycles. The van der Waals surface area contributed by atoms with Crippen LogP contribution in [-0.4, -0.2) is 20.1 Å². The zero-order chi connectivity index (χ0) is 26.8. The molecule has 0 fully saturated rings. The van der Waals surface area contributed by atoms with Crippen molar-refractivity contribution in [3.63, 3.8) is 0 Å². The first-order chi connectivity index (χ1) is 18.0. The van der Waals surface area contributed by atoms with Crippen molar-refractivity contribution < 1.29 is 13.5 Å². The van der Waals surface area contributed by atoms with Gasteiger partial charge in [-0.15, -0.1) is 0 Å². The van der Waals surface area contributed by atoms with Crippen molar-refractivity contribution in [2.75, 3.05) is 16.6 Å². The summed E-state index contributed by atoms with van der Waals surface area (Å²) in [6, 6.07) is 11.0. The standard InChI is InChI=1S/C30H47ClN2O3S/c1-2-3-4-5-6-7-8-9-10-11-12-13-14-15-16-20-25-32-29-27(31)23-24-28(34)30(29)33-37(35,36)26-21-18-17-19-22-26/h17-19,21-24,32-34H,2-16,20,25H2,1H3. The third-order valence-electron chi connectivity index (χ3n) is 6.75. The Bertz CT molecular complexity index is 984. The fourth-order valence-corrected chi connectivity index (χ4v) is 5.85. The van der Waals surface area contributed by atoms with Crippen LogP contribution in [0, 0.1) is 0 Å². The van der Waals surface area contributed by atoms with E-state index < -0.39 is 10.0 Å². The molecule has 7 heteroatoms. The van der Waals surface area contributed by atoms with E-state index in [0.717, 1.165) is 12.8 Å². The summed E-state index contributed by atoms with van der Waals surface area (Å²) >= 11 is 6.34. The van der Waals surface area contributed by atoms with Crippen molar-refractivity contribution >= 4 is 33.0 Å². The molecule has 0 bridgehead atoms. The quantitative estimate of drug-likeness (QED) is 0.107. The molecule has 0 spiro atoms.